The summed E-state index contributed by atoms with van der Waals surface area (Å²) >= 11 is 24.5. The van der Waals surface area contributed by atoms with Gasteiger partial charge in [-0.25, -0.2) is 9.59 Å². The van der Waals surface area contributed by atoms with Crippen LogP contribution < -0.4 is 4.90 Å². The van der Waals surface area contributed by atoms with Crippen LogP contribution in [-0.4, -0.2) is 51.8 Å². The van der Waals surface area contributed by atoms with Crippen molar-refractivity contribution >= 4 is 64.0 Å². The van der Waals surface area contributed by atoms with Crippen LogP contribution in [0.5, 0.6) is 0 Å². The molecule has 3 rings (SSSR count). The van der Waals surface area contributed by atoms with E-state index in [1.54, 1.807) is 12.1 Å². The number of rotatable bonds is 13. The van der Waals surface area contributed by atoms with Crippen molar-refractivity contribution in [3.05, 3.63) is 96.9 Å². The number of esters is 2. The Hall–Kier alpha value is -2.52. The van der Waals surface area contributed by atoms with E-state index in [9.17, 15) is 9.59 Å². The standard InChI is InChI=1S/C30H31Cl4NO6/c1-5-18-7-10-22(13-19(18)6-2)35(16-27(38-3)40-29(36)23-14-20(31)8-11-25(23)33)17-28(39-4)41-30(37)24-15-21(32)9-12-26(24)34/h7-15,27-28H,5-6,16-17H2,1-4H3. The monoisotopic (exact) mass is 641 g/mol. The van der Waals surface area contributed by atoms with Gasteiger partial charge in [-0.2, -0.15) is 0 Å². The first-order valence-electron chi connectivity index (χ1n) is 12.8. The average molecular weight is 643 g/mol. The van der Waals surface area contributed by atoms with Crippen LogP contribution in [0, 0.1) is 0 Å². The maximum absolute atomic E-state index is 12.9. The summed E-state index contributed by atoms with van der Waals surface area (Å²) < 4.78 is 22.3. The lowest BCUT2D eigenvalue weighted by Gasteiger charge is -2.31. The van der Waals surface area contributed by atoms with Gasteiger partial charge in [0, 0.05) is 30.0 Å². The Kier molecular flexibility index (Phi) is 12.6. The third-order valence-electron chi connectivity index (χ3n) is 6.36. The Bertz CT molecular complexity index is 1290. The summed E-state index contributed by atoms with van der Waals surface area (Å²) in [5, 5.41) is 1.06. The predicted molar refractivity (Wildman–Crippen MR) is 163 cm³/mol. The molecule has 220 valence electrons. The molecule has 0 aliphatic carbocycles. The minimum absolute atomic E-state index is 0.0738. The maximum Gasteiger partial charge on any atom is 0.342 e. The molecule has 11 heteroatoms. The number of carbonyl (C=O) groups is 2. The molecule has 0 N–H and O–H groups in total. The molecule has 0 radical (unpaired) electrons. The van der Waals surface area contributed by atoms with Gasteiger partial charge in [0.05, 0.1) is 34.3 Å². The number of benzene rings is 3. The van der Waals surface area contributed by atoms with Crippen molar-refractivity contribution in [3.63, 3.8) is 0 Å². The Labute approximate surface area is 260 Å². The minimum Gasteiger partial charge on any atom is -0.430 e. The number of methoxy groups -OCH3 is 2. The second kappa shape index (κ2) is 15.6. The van der Waals surface area contributed by atoms with Crippen LogP contribution in [0.25, 0.3) is 0 Å². The number of hydrogen-bond donors (Lipinski definition) is 0. The van der Waals surface area contributed by atoms with Gasteiger partial charge in [0.15, 0.2) is 0 Å². The topological polar surface area (TPSA) is 74.3 Å². The highest BCUT2D eigenvalue weighted by Crippen LogP contribution is 2.26. The molecule has 41 heavy (non-hydrogen) atoms. The van der Waals surface area contributed by atoms with E-state index in [2.05, 4.69) is 13.8 Å². The molecular formula is C30H31Cl4NO6. The largest absolute Gasteiger partial charge is 0.430 e. The summed E-state index contributed by atoms with van der Waals surface area (Å²) in [7, 11) is 2.84. The van der Waals surface area contributed by atoms with Gasteiger partial charge in [-0.3, -0.25) is 0 Å². The molecule has 2 atom stereocenters. The molecule has 0 aliphatic heterocycles. The number of aryl methyl sites for hydroxylation is 2. The van der Waals surface area contributed by atoms with E-state index in [1.165, 1.54) is 44.0 Å². The molecule has 2 unspecified atom stereocenters. The zero-order valence-corrected chi connectivity index (χ0v) is 26.1. The number of hydrogen-bond acceptors (Lipinski definition) is 7. The summed E-state index contributed by atoms with van der Waals surface area (Å²) in [6.45, 7) is 4.31. The normalized spacial score (nSPS) is 12.5. The third-order valence-corrected chi connectivity index (χ3v) is 7.48. The van der Waals surface area contributed by atoms with Crippen LogP contribution in [-0.2, 0) is 31.8 Å². The fourth-order valence-electron chi connectivity index (χ4n) is 4.12. The predicted octanol–water partition coefficient (Wildman–Crippen LogP) is 7.89. The van der Waals surface area contributed by atoms with E-state index in [4.69, 9.17) is 65.4 Å². The highest BCUT2D eigenvalue weighted by molar-refractivity contribution is 6.36. The first-order valence-corrected chi connectivity index (χ1v) is 14.4. The van der Waals surface area contributed by atoms with Crippen molar-refractivity contribution in [3.8, 4) is 0 Å². The van der Waals surface area contributed by atoms with Gasteiger partial charge in [-0.15, -0.1) is 0 Å². The van der Waals surface area contributed by atoms with Crippen molar-refractivity contribution in [2.75, 3.05) is 32.2 Å². The Balaban J connectivity index is 1.88. The van der Waals surface area contributed by atoms with E-state index in [-0.39, 0.29) is 34.3 Å². The quantitative estimate of drug-likeness (QED) is 0.139. The van der Waals surface area contributed by atoms with Gasteiger partial charge in [0.25, 0.3) is 0 Å². The fourth-order valence-corrected chi connectivity index (χ4v) is 4.86. The number of nitrogens with zero attached hydrogens (tertiary/aromatic N) is 1. The molecule has 7 nitrogen and oxygen atoms in total. The number of carbonyl (C=O) groups excluding carboxylic acids is 2. The minimum atomic E-state index is -1.02. The van der Waals surface area contributed by atoms with Crippen LogP contribution in [0.1, 0.15) is 45.7 Å². The zero-order valence-electron chi connectivity index (χ0n) is 23.1. The second-order valence-electron chi connectivity index (χ2n) is 8.95. The molecule has 0 saturated heterocycles. The third kappa shape index (κ3) is 8.98. The van der Waals surface area contributed by atoms with Crippen LogP contribution in [0.3, 0.4) is 0 Å². The summed E-state index contributed by atoms with van der Waals surface area (Å²) in [6, 6.07) is 15.1. The molecule has 0 aromatic heterocycles. The molecule has 0 aliphatic rings. The fraction of sp³-hybridized carbons (Fsp3) is 0.333. The SMILES string of the molecule is CCc1ccc(N(CC(OC)OC(=O)c2cc(Cl)ccc2Cl)CC(OC)OC(=O)c2cc(Cl)ccc2Cl)cc1CC. The Morgan fingerprint density at radius 3 is 1.56 bits per heavy atom. The first kappa shape index (κ1) is 33.0. The first-order chi connectivity index (χ1) is 19.6. The highest BCUT2D eigenvalue weighted by Gasteiger charge is 2.26. The van der Waals surface area contributed by atoms with Crippen molar-refractivity contribution in [1.82, 2.24) is 0 Å². The summed E-state index contributed by atoms with van der Waals surface area (Å²) in [5.41, 5.74) is 3.37. The van der Waals surface area contributed by atoms with Gasteiger partial charge in [0.2, 0.25) is 12.6 Å². The molecule has 0 spiro atoms. The van der Waals surface area contributed by atoms with E-state index in [0.717, 1.165) is 24.1 Å². The molecule has 0 bridgehead atoms. The van der Waals surface area contributed by atoms with E-state index in [0.29, 0.717) is 10.0 Å². The average Bonchev–Trinajstić information content (AvgIpc) is 2.97. The van der Waals surface area contributed by atoms with Crippen LogP contribution in [0.4, 0.5) is 5.69 Å². The van der Waals surface area contributed by atoms with Crippen molar-refractivity contribution < 1.29 is 28.5 Å². The Morgan fingerprint density at radius 2 is 1.15 bits per heavy atom. The lowest BCUT2D eigenvalue weighted by atomic mass is 10.0. The van der Waals surface area contributed by atoms with Crippen LogP contribution in [0.15, 0.2) is 54.6 Å². The van der Waals surface area contributed by atoms with Crippen molar-refractivity contribution in [2.45, 2.75) is 39.3 Å². The molecule has 0 saturated carbocycles. The van der Waals surface area contributed by atoms with Gasteiger partial charge >= 0.3 is 11.9 Å². The highest BCUT2D eigenvalue weighted by atomic mass is 35.5. The lowest BCUT2D eigenvalue weighted by Crippen LogP contribution is -2.42. The van der Waals surface area contributed by atoms with Crippen LogP contribution >= 0.6 is 46.4 Å². The Morgan fingerprint density at radius 1 is 0.683 bits per heavy atom. The molecule has 3 aromatic rings. The molecular weight excluding hydrogens is 612 g/mol. The van der Waals surface area contributed by atoms with Gasteiger partial charge in [0.1, 0.15) is 0 Å². The molecule has 0 fully saturated rings. The summed E-state index contributed by atoms with van der Waals surface area (Å²) in [4.78, 5) is 27.7. The number of halogens is 4. The summed E-state index contributed by atoms with van der Waals surface area (Å²) in [6.07, 6.45) is -0.356. The molecule has 0 amide bonds. The van der Waals surface area contributed by atoms with E-state index in [1.807, 2.05) is 23.1 Å². The summed E-state index contributed by atoms with van der Waals surface area (Å²) in [5.74, 6) is -1.41. The molecule has 0 heterocycles. The smallest absolute Gasteiger partial charge is 0.342 e. The van der Waals surface area contributed by atoms with E-state index >= 15 is 0 Å². The van der Waals surface area contributed by atoms with Crippen molar-refractivity contribution in [2.24, 2.45) is 0 Å². The van der Waals surface area contributed by atoms with E-state index < -0.39 is 24.5 Å². The lowest BCUT2D eigenvalue weighted by molar-refractivity contribution is -0.0950. The van der Waals surface area contributed by atoms with Gasteiger partial charge in [-0.1, -0.05) is 66.3 Å². The molecule has 3 aromatic carbocycles. The maximum atomic E-state index is 12.9. The van der Waals surface area contributed by atoms with Gasteiger partial charge in [-0.05, 0) is 72.5 Å². The zero-order chi connectivity index (χ0) is 30.1. The van der Waals surface area contributed by atoms with Gasteiger partial charge < -0.3 is 23.8 Å². The van der Waals surface area contributed by atoms with Crippen LogP contribution in [0.2, 0.25) is 20.1 Å². The number of anilines is 1. The second-order valence-corrected chi connectivity index (χ2v) is 10.6. The number of ether oxygens (including phenoxy) is 4. The van der Waals surface area contributed by atoms with Crippen molar-refractivity contribution in [1.29, 1.82) is 0 Å².